The molecule has 6 aromatic rings. The van der Waals surface area contributed by atoms with E-state index in [0.29, 0.717) is 98.0 Å². The van der Waals surface area contributed by atoms with Crippen LogP contribution in [-0.2, 0) is 51.3 Å². The number of nitrogens with zero attached hydrogens (tertiary/aromatic N) is 4. The number of carbonyl (C=O) groups excluding carboxylic acids is 4. The molecule has 0 bridgehead atoms. The Bertz CT molecular complexity index is 4340. The number of Topliss-reactive ketones (excluding diaryl/α,β-unsaturated/α-hetero) is 4. The van der Waals surface area contributed by atoms with Gasteiger partial charge in [0.25, 0.3) is 40.5 Å². The zero-order valence-electron chi connectivity index (χ0n) is 48.7. The number of aromatic nitrogens is 2. The van der Waals surface area contributed by atoms with E-state index >= 15 is 0 Å². The Morgan fingerprint density at radius 1 is 0.558 bits per heavy atom. The first-order valence-corrected chi connectivity index (χ1v) is 34.4. The second kappa shape index (κ2) is 25.0. The number of unbranched alkanes of at least 4 members (excludes halogenated alkanes) is 1. The van der Waals surface area contributed by atoms with E-state index in [1.165, 1.54) is 24.3 Å². The average Bonchev–Trinajstić information content (AvgIpc) is 1.54. The zero-order chi connectivity index (χ0) is 63.1. The van der Waals surface area contributed by atoms with E-state index in [4.69, 9.17) is 0 Å². The van der Waals surface area contributed by atoms with Crippen molar-refractivity contribution in [3.8, 4) is 22.3 Å². The number of hydrogen-bond acceptors (Lipinski definition) is 15. The second-order valence-corrected chi connectivity index (χ2v) is 28.7. The molecular weight excluding hydrogens is 1180 g/mol. The molecule has 2 aromatic heterocycles. The topological polar surface area (TPSA) is 318 Å². The number of fused-ring (bicyclic) bond motifs is 6. The minimum absolute atomic E-state index is 0.0400. The van der Waals surface area contributed by atoms with Gasteiger partial charge in [0, 0.05) is 79.0 Å². The average molecular weight is 1250 g/mol. The predicted molar refractivity (Wildman–Crippen MR) is 330 cm³/mol. The van der Waals surface area contributed by atoms with Crippen molar-refractivity contribution >= 4 is 102 Å². The first kappa shape index (κ1) is 65.0. The number of pyridine rings is 2. The van der Waals surface area contributed by atoms with Crippen LogP contribution >= 0.6 is 0 Å². The Kier molecular flexibility index (Phi) is 18.9. The van der Waals surface area contributed by atoms with Crippen LogP contribution in [0.15, 0.2) is 108 Å². The summed E-state index contributed by atoms with van der Waals surface area (Å²) in [7, 11) is -16.9. The lowest BCUT2D eigenvalue weighted by molar-refractivity contribution is -0.437. The van der Waals surface area contributed by atoms with Crippen LogP contribution in [0.25, 0.3) is 43.8 Å². The van der Waals surface area contributed by atoms with Crippen LogP contribution < -0.4 is 4.90 Å². The van der Waals surface area contributed by atoms with E-state index < -0.39 is 79.2 Å². The van der Waals surface area contributed by atoms with Gasteiger partial charge in [0.05, 0.1) is 17.3 Å². The van der Waals surface area contributed by atoms with E-state index in [0.717, 1.165) is 0 Å². The molecule has 0 aliphatic carbocycles. The van der Waals surface area contributed by atoms with Crippen molar-refractivity contribution in [2.24, 2.45) is 0 Å². The molecule has 0 fully saturated rings. The third-order valence-corrected chi connectivity index (χ3v) is 19.2. The first-order chi connectivity index (χ1) is 40.2. The van der Waals surface area contributed by atoms with E-state index in [2.05, 4.69) is 9.97 Å². The van der Waals surface area contributed by atoms with E-state index in [-0.39, 0.29) is 90.6 Å². The summed E-state index contributed by atoms with van der Waals surface area (Å²) in [6, 6.07) is 21.3. The molecule has 0 saturated carbocycles. The van der Waals surface area contributed by atoms with E-state index in [1.54, 1.807) is 90.2 Å². The molecule has 0 amide bonds. The Labute approximate surface area is 501 Å². The van der Waals surface area contributed by atoms with Gasteiger partial charge in [0.15, 0.2) is 28.8 Å². The standard InChI is InChI=1S/C62H68N4O16S4/c1-8-11-17-54(69)48-34-42(35-49(64-48)55(70)18-13-28-83(71,72)73)39-22-25-44-45(31-39)56(86(80,81)82)36-51-59(44)61(4,5)57(65(51)7)19-12-20-58-62(6,37-85(77,78)79)60-43-24-21-38(30-40(43)23-26-50(60)66(58)27-14-29-84(74,75)76)41-32-46(52(67)15-9-2)63-47(33-41)53(68)16-10-3/h12,19-26,30-36H,8-11,13-18,27-29,37H2,1-7H3,(H3-,71,72,73,74,75,76,77,78,79,80,81,82)/p+1. The molecule has 1 atom stereocenters. The molecule has 0 spiro atoms. The van der Waals surface area contributed by atoms with E-state index in [9.17, 15) is 71.1 Å². The molecule has 4 heterocycles. The van der Waals surface area contributed by atoms with Gasteiger partial charge < -0.3 is 4.90 Å². The maximum atomic E-state index is 13.5. The summed E-state index contributed by atoms with van der Waals surface area (Å²) in [5.74, 6) is -3.54. The maximum Gasteiger partial charge on any atom is 0.295 e. The van der Waals surface area contributed by atoms with E-state index in [1.807, 2.05) is 40.7 Å². The quantitative estimate of drug-likeness (QED) is 0.0223. The molecule has 0 radical (unpaired) electrons. The SMILES string of the molecule is CCCCC(=O)c1cc(-c2ccc3c4c(cc(S(=O)(=O)O)c3c2)N(C)/C(=C/C=C/C2=[N+](CCCS(=O)(=O)O)c3ccc5cc(-c6cc(C(=O)CCC)nc(C(=O)CCC)c6)ccc5c3C2(C)CS(=O)(=O)O)C4(C)C)cc(C(=O)CCCS(=O)(=O)O)n1. The van der Waals surface area contributed by atoms with Gasteiger partial charge in [-0.05, 0) is 131 Å². The van der Waals surface area contributed by atoms with Crippen LogP contribution in [0.2, 0.25) is 0 Å². The number of rotatable bonds is 26. The molecule has 2 aliphatic rings. The highest BCUT2D eigenvalue weighted by Gasteiger charge is 2.51. The largest absolute Gasteiger partial charge is 0.347 e. The van der Waals surface area contributed by atoms with Crippen molar-refractivity contribution in [1.82, 2.24) is 9.97 Å². The monoisotopic (exact) mass is 1250 g/mol. The smallest absolute Gasteiger partial charge is 0.295 e. The van der Waals surface area contributed by atoms with Crippen molar-refractivity contribution in [3.05, 3.63) is 137 Å². The molecule has 456 valence electrons. The van der Waals surface area contributed by atoms with Gasteiger partial charge in [-0.15, -0.1) is 0 Å². The third kappa shape index (κ3) is 14.0. The number of likely N-dealkylation sites (N-methyl/N-ethyl adjacent to an activating group) is 1. The predicted octanol–water partition coefficient (Wildman–Crippen LogP) is 10.9. The number of carbonyl (C=O) groups is 4. The number of hydrogen-bond donors (Lipinski definition) is 4. The number of ketones is 4. The molecule has 2 aliphatic heterocycles. The normalized spacial score (nSPS) is 16.6. The number of benzene rings is 4. The van der Waals surface area contributed by atoms with Crippen LogP contribution in [0.1, 0.15) is 159 Å². The lowest BCUT2D eigenvalue weighted by Crippen LogP contribution is -2.38. The number of allylic oxidation sites excluding steroid dienone is 4. The van der Waals surface area contributed by atoms with Gasteiger partial charge in [-0.2, -0.15) is 38.2 Å². The maximum absolute atomic E-state index is 13.5. The lowest BCUT2D eigenvalue weighted by Gasteiger charge is -2.24. The summed E-state index contributed by atoms with van der Waals surface area (Å²) in [5, 5.41) is 1.71. The molecule has 24 heteroatoms. The summed E-state index contributed by atoms with van der Waals surface area (Å²) in [4.78, 5) is 63.3. The first-order valence-electron chi connectivity index (χ1n) is 28.2. The highest BCUT2D eigenvalue weighted by Crippen LogP contribution is 2.52. The molecule has 4 N–H and O–H groups in total. The molecule has 0 saturated heterocycles. The van der Waals surface area contributed by atoms with Gasteiger partial charge in [-0.3, -0.25) is 37.4 Å². The Morgan fingerprint density at radius 3 is 1.58 bits per heavy atom. The highest BCUT2D eigenvalue weighted by molar-refractivity contribution is 7.86. The molecule has 4 aromatic carbocycles. The molecule has 8 rings (SSSR count). The third-order valence-electron chi connectivity index (χ3n) is 15.8. The summed E-state index contributed by atoms with van der Waals surface area (Å²) in [6.07, 6.45) is 7.33. The van der Waals surface area contributed by atoms with Gasteiger partial charge in [-0.25, -0.2) is 9.97 Å². The van der Waals surface area contributed by atoms with Crippen LogP contribution in [0.3, 0.4) is 0 Å². The molecule has 20 nitrogen and oxygen atoms in total. The van der Waals surface area contributed by atoms with Gasteiger partial charge in [-0.1, -0.05) is 71.4 Å². The summed E-state index contributed by atoms with van der Waals surface area (Å²) in [5.41, 5.74) is 2.40. The Hall–Kier alpha value is -7.03. The second-order valence-electron chi connectivity index (χ2n) is 22.7. The minimum atomic E-state index is -4.96. The van der Waals surface area contributed by atoms with Crippen molar-refractivity contribution in [3.63, 3.8) is 0 Å². The molecular formula is C62H69N4O16S4+. The number of anilines is 1. The summed E-state index contributed by atoms with van der Waals surface area (Å²) in [6.45, 7) is 11.0. The Morgan fingerprint density at radius 2 is 1.07 bits per heavy atom. The van der Waals surface area contributed by atoms with Gasteiger partial charge in [0.2, 0.25) is 5.69 Å². The molecule has 86 heavy (non-hydrogen) atoms. The van der Waals surface area contributed by atoms with Crippen LogP contribution in [0.4, 0.5) is 11.4 Å². The Balaban J connectivity index is 1.24. The van der Waals surface area contributed by atoms with Crippen molar-refractivity contribution < 1.29 is 75.6 Å². The minimum Gasteiger partial charge on any atom is -0.347 e. The van der Waals surface area contributed by atoms with Crippen LogP contribution in [0, 0.1) is 0 Å². The van der Waals surface area contributed by atoms with Crippen LogP contribution in [-0.4, -0.2) is 126 Å². The fraction of sp³-hybridized carbons (Fsp3) is 0.371. The summed E-state index contributed by atoms with van der Waals surface area (Å²) >= 11 is 0. The summed E-state index contributed by atoms with van der Waals surface area (Å²) < 4.78 is 143. The lowest BCUT2D eigenvalue weighted by atomic mass is 9.78. The fourth-order valence-corrected chi connectivity index (χ4v) is 14.6. The molecule has 1 unspecified atom stereocenters. The fourth-order valence-electron chi connectivity index (χ4n) is 11.9. The highest BCUT2D eigenvalue weighted by atomic mass is 32.2. The van der Waals surface area contributed by atoms with Crippen LogP contribution in [0.5, 0.6) is 0 Å². The van der Waals surface area contributed by atoms with Crippen molar-refractivity contribution in [2.45, 2.75) is 121 Å². The van der Waals surface area contributed by atoms with Gasteiger partial charge in [0.1, 0.15) is 39.6 Å². The zero-order valence-corrected chi connectivity index (χ0v) is 52.0. The van der Waals surface area contributed by atoms with Gasteiger partial charge >= 0.3 is 0 Å². The van der Waals surface area contributed by atoms with Crippen molar-refractivity contribution in [2.75, 3.05) is 35.8 Å². The van der Waals surface area contributed by atoms with Crippen molar-refractivity contribution in [1.29, 1.82) is 0 Å².